The molecule has 0 radical (unpaired) electrons. The van der Waals surface area contributed by atoms with E-state index in [1.54, 1.807) is 0 Å². The molecule has 24 heavy (non-hydrogen) atoms. The lowest BCUT2D eigenvalue weighted by atomic mass is 10.0. The second-order valence-electron chi connectivity index (χ2n) is 6.27. The summed E-state index contributed by atoms with van der Waals surface area (Å²) in [5, 5.41) is 11.8. The number of hydrogen-bond acceptors (Lipinski definition) is 3. The van der Waals surface area contributed by atoms with Crippen molar-refractivity contribution in [1.82, 2.24) is 25.0 Å². The number of pyridine rings is 1. The van der Waals surface area contributed by atoms with Crippen LogP contribution in [0.5, 0.6) is 0 Å². The molecule has 4 rings (SSSR count). The first-order chi connectivity index (χ1) is 11.6. The van der Waals surface area contributed by atoms with Crippen LogP contribution in [0.1, 0.15) is 25.5 Å². The zero-order chi connectivity index (χ0) is 16.7. The largest absolute Gasteiger partial charge is 0.277 e. The minimum absolute atomic E-state index is 0.308. The molecule has 4 aromatic rings. The van der Waals surface area contributed by atoms with E-state index >= 15 is 0 Å². The molecule has 1 N–H and O–H groups in total. The Balaban J connectivity index is 1.89. The van der Waals surface area contributed by atoms with Gasteiger partial charge in [0.15, 0.2) is 0 Å². The highest BCUT2D eigenvalue weighted by Gasteiger charge is 2.15. The van der Waals surface area contributed by atoms with E-state index in [1.165, 1.54) is 5.56 Å². The van der Waals surface area contributed by atoms with E-state index in [9.17, 15) is 0 Å². The van der Waals surface area contributed by atoms with Gasteiger partial charge in [-0.3, -0.25) is 9.78 Å². The third-order valence-corrected chi connectivity index (χ3v) is 4.21. The highest BCUT2D eigenvalue weighted by atomic mass is 15.3. The van der Waals surface area contributed by atoms with Crippen molar-refractivity contribution in [2.24, 2.45) is 0 Å². The second-order valence-corrected chi connectivity index (χ2v) is 6.27. The summed E-state index contributed by atoms with van der Waals surface area (Å²) in [7, 11) is 0. The molecule has 3 aromatic heterocycles. The SMILES string of the molecule is Cc1cc(-c2cn[nH]c2-c2ccccc2)nc2cnn(C(C)C)c12. The molecule has 5 nitrogen and oxygen atoms in total. The Kier molecular flexibility index (Phi) is 3.41. The Morgan fingerprint density at radius 1 is 1.08 bits per heavy atom. The summed E-state index contributed by atoms with van der Waals surface area (Å²) < 4.78 is 2.02. The number of benzene rings is 1. The number of aromatic nitrogens is 5. The summed E-state index contributed by atoms with van der Waals surface area (Å²) in [6.07, 6.45) is 3.68. The van der Waals surface area contributed by atoms with Gasteiger partial charge in [-0.1, -0.05) is 30.3 Å². The molecule has 0 aliphatic carbocycles. The van der Waals surface area contributed by atoms with Crippen molar-refractivity contribution < 1.29 is 0 Å². The van der Waals surface area contributed by atoms with Crippen LogP contribution in [0.25, 0.3) is 33.5 Å². The highest BCUT2D eigenvalue weighted by Crippen LogP contribution is 2.31. The minimum Gasteiger partial charge on any atom is -0.277 e. The van der Waals surface area contributed by atoms with Gasteiger partial charge in [0.05, 0.1) is 29.3 Å². The third-order valence-electron chi connectivity index (χ3n) is 4.21. The van der Waals surface area contributed by atoms with Crippen LogP contribution in [0.4, 0.5) is 0 Å². The zero-order valence-electron chi connectivity index (χ0n) is 14.0. The van der Waals surface area contributed by atoms with Crippen LogP contribution in [0.15, 0.2) is 48.8 Å². The molecule has 120 valence electrons. The molecule has 0 spiro atoms. The van der Waals surface area contributed by atoms with Gasteiger partial charge in [0.25, 0.3) is 0 Å². The lowest BCUT2D eigenvalue weighted by molar-refractivity contribution is 0.550. The molecule has 0 bridgehead atoms. The Labute approximate surface area is 140 Å². The molecule has 0 aliphatic heterocycles. The predicted molar refractivity (Wildman–Crippen MR) is 95.7 cm³/mol. The fraction of sp³-hybridized carbons (Fsp3) is 0.211. The molecule has 0 saturated heterocycles. The van der Waals surface area contributed by atoms with Crippen LogP contribution in [-0.2, 0) is 0 Å². The molecule has 0 amide bonds. The first-order valence-corrected chi connectivity index (χ1v) is 8.09. The summed E-state index contributed by atoms with van der Waals surface area (Å²) >= 11 is 0. The van der Waals surface area contributed by atoms with Gasteiger partial charge in [-0.2, -0.15) is 10.2 Å². The number of rotatable bonds is 3. The Bertz CT molecular complexity index is 995. The van der Waals surface area contributed by atoms with E-state index in [1.807, 2.05) is 35.3 Å². The van der Waals surface area contributed by atoms with Crippen molar-refractivity contribution in [3.8, 4) is 22.5 Å². The van der Waals surface area contributed by atoms with E-state index in [-0.39, 0.29) is 0 Å². The lowest BCUT2D eigenvalue weighted by Crippen LogP contribution is -2.03. The van der Waals surface area contributed by atoms with Crippen molar-refractivity contribution in [3.63, 3.8) is 0 Å². The van der Waals surface area contributed by atoms with Crippen molar-refractivity contribution in [2.75, 3.05) is 0 Å². The van der Waals surface area contributed by atoms with Crippen molar-refractivity contribution >= 4 is 11.0 Å². The van der Waals surface area contributed by atoms with Crippen LogP contribution in [-0.4, -0.2) is 25.0 Å². The van der Waals surface area contributed by atoms with Crippen molar-refractivity contribution in [3.05, 3.63) is 54.4 Å². The fourth-order valence-electron chi connectivity index (χ4n) is 3.09. The summed E-state index contributed by atoms with van der Waals surface area (Å²) in [5.74, 6) is 0. The molecular weight excluding hydrogens is 298 g/mol. The van der Waals surface area contributed by atoms with Crippen LogP contribution >= 0.6 is 0 Å². The van der Waals surface area contributed by atoms with Gasteiger partial charge in [0.2, 0.25) is 0 Å². The molecule has 0 unspecified atom stereocenters. The van der Waals surface area contributed by atoms with Crippen LogP contribution in [0.2, 0.25) is 0 Å². The first kappa shape index (κ1) is 14.6. The molecular formula is C19H19N5. The number of nitrogens with one attached hydrogen (secondary N) is 1. The van der Waals surface area contributed by atoms with Crippen molar-refractivity contribution in [1.29, 1.82) is 0 Å². The molecule has 0 fully saturated rings. The topological polar surface area (TPSA) is 59.4 Å². The summed E-state index contributed by atoms with van der Waals surface area (Å²) in [5.41, 5.74) is 7.18. The number of aryl methyl sites for hydroxylation is 1. The first-order valence-electron chi connectivity index (χ1n) is 8.09. The average Bonchev–Trinajstić information content (AvgIpc) is 3.22. The zero-order valence-corrected chi connectivity index (χ0v) is 14.0. The number of H-pyrrole nitrogens is 1. The summed E-state index contributed by atoms with van der Waals surface area (Å²) in [6, 6.07) is 12.6. The maximum atomic E-state index is 4.82. The fourth-order valence-corrected chi connectivity index (χ4v) is 3.09. The van der Waals surface area contributed by atoms with Gasteiger partial charge in [-0.05, 0) is 32.4 Å². The Morgan fingerprint density at radius 2 is 1.88 bits per heavy atom. The van der Waals surface area contributed by atoms with Crippen LogP contribution in [0.3, 0.4) is 0 Å². The van der Waals surface area contributed by atoms with E-state index in [0.717, 1.165) is 33.5 Å². The van der Waals surface area contributed by atoms with Gasteiger partial charge < -0.3 is 0 Å². The van der Waals surface area contributed by atoms with Gasteiger partial charge in [0, 0.05) is 17.2 Å². The van der Waals surface area contributed by atoms with E-state index in [2.05, 4.69) is 54.3 Å². The smallest absolute Gasteiger partial charge is 0.109 e. The molecule has 0 aliphatic rings. The number of aromatic amines is 1. The average molecular weight is 317 g/mol. The number of fused-ring (bicyclic) bond motifs is 1. The quantitative estimate of drug-likeness (QED) is 0.610. The van der Waals surface area contributed by atoms with E-state index < -0.39 is 0 Å². The standard InChI is InChI=1S/C19H19N5/c1-12(2)24-19-13(3)9-16(22-17(19)11-21-24)15-10-20-23-18(15)14-7-5-4-6-8-14/h4-12H,1-3H3,(H,20,23). The van der Waals surface area contributed by atoms with E-state index in [0.29, 0.717) is 6.04 Å². The summed E-state index contributed by atoms with van der Waals surface area (Å²) in [6.45, 7) is 6.36. The van der Waals surface area contributed by atoms with Crippen LogP contribution in [0, 0.1) is 6.92 Å². The van der Waals surface area contributed by atoms with Gasteiger partial charge in [-0.15, -0.1) is 0 Å². The third kappa shape index (κ3) is 2.29. The minimum atomic E-state index is 0.308. The molecule has 0 saturated carbocycles. The normalized spacial score (nSPS) is 11.5. The number of nitrogens with zero attached hydrogens (tertiary/aromatic N) is 4. The summed E-state index contributed by atoms with van der Waals surface area (Å²) in [4.78, 5) is 4.82. The second kappa shape index (κ2) is 5.60. The molecule has 0 atom stereocenters. The maximum absolute atomic E-state index is 4.82. The predicted octanol–water partition coefficient (Wildman–Crippen LogP) is 4.38. The van der Waals surface area contributed by atoms with Gasteiger partial charge >= 0.3 is 0 Å². The van der Waals surface area contributed by atoms with E-state index in [4.69, 9.17) is 4.98 Å². The molecule has 1 aromatic carbocycles. The van der Waals surface area contributed by atoms with Crippen LogP contribution < -0.4 is 0 Å². The molecule has 3 heterocycles. The highest BCUT2D eigenvalue weighted by molar-refractivity contribution is 5.85. The Hall–Kier alpha value is -2.95. The monoisotopic (exact) mass is 317 g/mol. The van der Waals surface area contributed by atoms with Gasteiger partial charge in [0.1, 0.15) is 5.52 Å². The lowest BCUT2D eigenvalue weighted by Gasteiger charge is -2.10. The molecule has 5 heteroatoms. The Morgan fingerprint density at radius 3 is 2.62 bits per heavy atom. The van der Waals surface area contributed by atoms with Crippen molar-refractivity contribution in [2.45, 2.75) is 26.8 Å². The van der Waals surface area contributed by atoms with Gasteiger partial charge in [-0.25, -0.2) is 4.98 Å². The maximum Gasteiger partial charge on any atom is 0.109 e. The number of hydrogen-bond donors (Lipinski definition) is 1.